The van der Waals surface area contributed by atoms with Gasteiger partial charge in [-0.3, -0.25) is 14.9 Å². The fourth-order valence-corrected chi connectivity index (χ4v) is 3.76. The number of anilines is 1. The summed E-state index contributed by atoms with van der Waals surface area (Å²) in [6.07, 6.45) is 0. The minimum Gasteiger partial charge on any atom is -0.462 e. The van der Waals surface area contributed by atoms with Crippen molar-refractivity contribution in [1.29, 1.82) is 0 Å². The van der Waals surface area contributed by atoms with Crippen LogP contribution in [0.3, 0.4) is 0 Å². The Morgan fingerprint density at radius 2 is 1.90 bits per heavy atom. The van der Waals surface area contributed by atoms with Gasteiger partial charge in [0.25, 0.3) is 11.6 Å². The first-order chi connectivity index (χ1) is 13.9. The smallest absolute Gasteiger partial charge is 0.341 e. The quantitative estimate of drug-likeness (QED) is 0.348. The minimum atomic E-state index is -0.544. The minimum absolute atomic E-state index is 0.131. The van der Waals surface area contributed by atoms with Crippen molar-refractivity contribution in [1.82, 2.24) is 0 Å². The standard InChI is InChI=1S/C21H18N2O5S/c1-3-28-21(25)18-16(14-7-5-4-6-8-14)12-29-20(18)22-19(24)15-10-9-13(2)17(11-15)23(26)27/h4-12H,3H2,1-2H3,(H,22,24). The van der Waals surface area contributed by atoms with Gasteiger partial charge in [-0.15, -0.1) is 11.3 Å². The molecule has 0 atom stereocenters. The Morgan fingerprint density at radius 1 is 1.17 bits per heavy atom. The Kier molecular flexibility index (Phi) is 6.04. The van der Waals surface area contributed by atoms with Crippen LogP contribution in [0.2, 0.25) is 0 Å². The molecule has 0 aliphatic heterocycles. The van der Waals surface area contributed by atoms with Crippen LogP contribution >= 0.6 is 11.3 Å². The van der Waals surface area contributed by atoms with Gasteiger partial charge in [0.1, 0.15) is 10.6 Å². The van der Waals surface area contributed by atoms with Crippen molar-refractivity contribution in [2.24, 2.45) is 0 Å². The number of ether oxygens (including phenoxy) is 1. The van der Waals surface area contributed by atoms with E-state index in [9.17, 15) is 19.7 Å². The summed E-state index contributed by atoms with van der Waals surface area (Å²) in [5, 5.41) is 15.9. The average Bonchev–Trinajstić information content (AvgIpc) is 3.12. The third-order valence-corrected chi connectivity index (χ3v) is 5.15. The molecule has 2 aromatic carbocycles. The fraction of sp³-hybridized carbons (Fsp3) is 0.143. The molecule has 1 aromatic heterocycles. The molecule has 148 valence electrons. The van der Waals surface area contributed by atoms with Crippen molar-refractivity contribution in [3.05, 3.63) is 80.7 Å². The molecule has 1 amide bonds. The molecule has 0 fully saturated rings. The Bertz CT molecular complexity index is 1080. The SMILES string of the molecule is CCOC(=O)c1c(-c2ccccc2)csc1NC(=O)c1ccc(C)c([N+](=O)[O-])c1. The van der Waals surface area contributed by atoms with Gasteiger partial charge >= 0.3 is 5.97 Å². The van der Waals surface area contributed by atoms with E-state index >= 15 is 0 Å². The molecule has 0 aliphatic rings. The Hall–Kier alpha value is -3.52. The van der Waals surface area contributed by atoms with E-state index in [1.807, 2.05) is 30.3 Å². The van der Waals surface area contributed by atoms with Crippen LogP contribution in [0.1, 0.15) is 33.2 Å². The van der Waals surface area contributed by atoms with E-state index in [0.717, 1.165) is 5.56 Å². The number of hydrogen-bond donors (Lipinski definition) is 1. The fourth-order valence-electron chi connectivity index (χ4n) is 2.81. The van der Waals surface area contributed by atoms with Gasteiger partial charge in [0.15, 0.2) is 0 Å². The number of carbonyl (C=O) groups is 2. The highest BCUT2D eigenvalue weighted by Crippen LogP contribution is 2.36. The highest BCUT2D eigenvalue weighted by Gasteiger charge is 2.24. The van der Waals surface area contributed by atoms with Crippen molar-refractivity contribution >= 4 is 33.9 Å². The van der Waals surface area contributed by atoms with E-state index in [4.69, 9.17) is 4.74 Å². The second-order valence-corrected chi connectivity index (χ2v) is 7.03. The molecule has 1 heterocycles. The van der Waals surface area contributed by atoms with Gasteiger partial charge in [-0.1, -0.05) is 36.4 Å². The topological polar surface area (TPSA) is 98.5 Å². The van der Waals surface area contributed by atoms with Crippen LogP contribution in [0.5, 0.6) is 0 Å². The van der Waals surface area contributed by atoms with Crippen LogP contribution < -0.4 is 5.32 Å². The van der Waals surface area contributed by atoms with Crippen molar-refractivity contribution < 1.29 is 19.2 Å². The van der Waals surface area contributed by atoms with E-state index in [2.05, 4.69) is 5.32 Å². The predicted molar refractivity (Wildman–Crippen MR) is 111 cm³/mol. The number of nitro groups is 1. The number of esters is 1. The van der Waals surface area contributed by atoms with Crippen LogP contribution in [-0.2, 0) is 4.74 Å². The summed E-state index contributed by atoms with van der Waals surface area (Å²) >= 11 is 1.20. The van der Waals surface area contributed by atoms with Gasteiger partial charge in [-0.2, -0.15) is 0 Å². The van der Waals surface area contributed by atoms with Crippen molar-refractivity contribution in [3.8, 4) is 11.1 Å². The first-order valence-electron chi connectivity index (χ1n) is 8.82. The van der Waals surface area contributed by atoms with Gasteiger partial charge in [-0.05, 0) is 25.5 Å². The zero-order valence-electron chi connectivity index (χ0n) is 15.8. The number of carbonyl (C=O) groups excluding carboxylic acids is 2. The number of thiophene rings is 1. The van der Waals surface area contributed by atoms with Gasteiger partial charge in [-0.25, -0.2) is 4.79 Å². The molecule has 7 nitrogen and oxygen atoms in total. The molecule has 3 aromatic rings. The number of amides is 1. The molecule has 1 N–H and O–H groups in total. The molecule has 0 saturated carbocycles. The van der Waals surface area contributed by atoms with Gasteiger partial charge in [0, 0.05) is 28.1 Å². The number of aryl methyl sites for hydroxylation is 1. The molecule has 0 bridgehead atoms. The monoisotopic (exact) mass is 410 g/mol. The van der Waals surface area contributed by atoms with Gasteiger partial charge < -0.3 is 10.1 Å². The summed E-state index contributed by atoms with van der Waals surface area (Å²) in [7, 11) is 0. The second-order valence-electron chi connectivity index (χ2n) is 6.15. The molecule has 0 spiro atoms. The molecule has 8 heteroatoms. The zero-order chi connectivity index (χ0) is 21.0. The van der Waals surface area contributed by atoms with E-state index in [-0.39, 0.29) is 23.4 Å². The summed E-state index contributed by atoms with van der Waals surface area (Å²) in [6, 6.07) is 13.5. The zero-order valence-corrected chi connectivity index (χ0v) is 16.6. The van der Waals surface area contributed by atoms with E-state index in [1.165, 1.54) is 29.5 Å². The van der Waals surface area contributed by atoms with Crippen molar-refractivity contribution in [2.75, 3.05) is 11.9 Å². The predicted octanol–water partition coefficient (Wildman–Crippen LogP) is 5.06. The average molecular weight is 410 g/mol. The molecule has 0 radical (unpaired) electrons. The van der Waals surface area contributed by atoms with E-state index in [1.54, 1.807) is 19.2 Å². The van der Waals surface area contributed by atoms with Gasteiger partial charge in [0.2, 0.25) is 0 Å². The molecule has 29 heavy (non-hydrogen) atoms. The maximum absolute atomic E-state index is 12.7. The van der Waals surface area contributed by atoms with Crippen LogP contribution in [0.15, 0.2) is 53.9 Å². The van der Waals surface area contributed by atoms with E-state index in [0.29, 0.717) is 16.1 Å². The summed E-state index contributed by atoms with van der Waals surface area (Å²) in [6.45, 7) is 3.50. The summed E-state index contributed by atoms with van der Waals surface area (Å²) in [5.74, 6) is -1.09. The summed E-state index contributed by atoms with van der Waals surface area (Å²) < 4.78 is 5.17. The Balaban J connectivity index is 1.98. The molecular formula is C21H18N2O5S. The Labute approximate surface area is 171 Å². The number of rotatable bonds is 6. The van der Waals surface area contributed by atoms with Crippen molar-refractivity contribution in [3.63, 3.8) is 0 Å². The molecular weight excluding hydrogens is 392 g/mol. The number of nitro benzene ring substituents is 1. The molecule has 0 aliphatic carbocycles. The first-order valence-corrected chi connectivity index (χ1v) is 9.70. The summed E-state index contributed by atoms with van der Waals surface area (Å²) in [5.41, 5.74) is 2.18. The Morgan fingerprint density at radius 3 is 2.55 bits per heavy atom. The van der Waals surface area contributed by atoms with E-state index < -0.39 is 16.8 Å². The van der Waals surface area contributed by atoms with Crippen LogP contribution in [0.4, 0.5) is 10.7 Å². The maximum Gasteiger partial charge on any atom is 0.341 e. The number of nitrogens with zero attached hydrogens (tertiary/aromatic N) is 1. The molecule has 3 rings (SSSR count). The van der Waals surface area contributed by atoms with Crippen molar-refractivity contribution in [2.45, 2.75) is 13.8 Å². The number of nitrogens with one attached hydrogen (secondary N) is 1. The highest BCUT2D eigenvalue weighted by atomic mass is 32.1. The lowest BCUT2D eigenvalue weighted by Crippen LogP contribution is -2.15. The lowest BCUT2D eigenvalue weighted by molar-refractivity contribution is -0.385. The number of hydrogen-bond acceptors (Lipinski definition) is 6. The largest absolute Gasteiger partial charge is 0.462 e. The second kappa shape index (κ2) is 8.66. The van der Waals surface area contributed by atoms with Gasteiger partial charge in [0.05, 0.1) is 11.5 Å². The number of benzene rings is 2. The molecule has 0 unspecified atom stereocenters. The van der Waals surface area contributed by atoms with Crippen LogP contribution in [-0.4, -0.2) is 23.4 Å². The molecule has 0 saturated heterocycles. The normalized spacial score (nSPS) is 10.4. The third-order valence-electron chi connectivity index (χ3n) is 4.25. The van der Waals surface area contributed by atoms with Crippen LogP contribution in [0, 0.1) is 17.0 Å². The van der Waals surface area contributed by atoms with Crippen LogP contribution in [0.25, 0.3) is 11.1 Å². The highest BCUT2D eigenvalue weighted by molar-refractivity contribution is 7.15. The third kappa shape index (κ3) is 4.33. The lowest BCUT2D eigenvalue weighted by Gasteiger charge is -2.09. The maximum atomic E-state index is 12.7. The summed E-state index contributed by atoms with van der Waals surface area (Å²) in [4.78, 5) is 35.9. The lowest BCUT2D eigenvalue weighted by atomic mass is 10.0. The first kappa shape index (κ1) is 20.2.